The number of aryl methyl sites for hydroxylation is 1. The highest BCUT2D eigenvalue weighted by Crippen LogP contribution is 2.29. The number of halogens is 4. The van der Waals surface area contributed by atoms with Gasteiger partial charge < -0.3 is 4.74 Å². The molecule has 0 radical (unpaired) electrons. The van der Waals surface area contributed by atoms with Crippen molar-refractivity contribution in [3.05, 3.63) is 59.4 Å². The molecule has 0 unspecified atom stereocenters. The normalized spacial score (nSPS) is 12.2. The lowest BCUT2D eigenvalue weighted by atomic mass is 10.1. The number of rotatable bonds is 5. The van der Waals surface area contributed by atoms with Gasteiger partial charge in [-0.15, -0.1) is 13.2 Å². The molecule has 0 amide bonds. The maximum atomic E-state index is 13.4. The predicted molar refractivity (Wildman–Crippen MR) is 78.3 cm³/mol. The molecule has 24 heavy (non-hydrogen) atoms. The van der Waals surface area contributed by atoms with Gasteiger partial charge in [-0.3, -0.25) is 0 Å². The van der Waals surface area contributed by atoms with E-state index in [4.69, 9.17) is 0 Å². The number of benzene rings is 2. The molecule has 2 aromatic carbocycles. The van der Waals surface area contributed by atoms with Crippen molar-refractivity contribution in [1.82, 2.24) is 4.72 Å². The van der Waals surface area contributed by atoms with Gasteiger partial charge in [0.05, 0.1) is 0 Å². The average Bonchev–Trinajstić information content (AvgIpc) is 2.47. The minimum Gasteiger partial charge on any atom is -0.404 e. The zero-order valence-corrected chi connectivity index (χ0v) is 13.2. The molecule has 0 heterocycles. The van der Waals surface area contributed by atoms with E-state index in [1.807, 2.05) is 0 Å². The lowest BCUT2D eigenvalue weighted by molar-refractivity contribution is -0.275. The standard InChI is InChI=1S/C15H13F4NO3S/c1-10-6-7-11(8-12(10)16)9-20-24(21,22)14-5-3-2-4-13(14)23-15(17,18)19/h2-8,20H,9H2,1H3. The van der Waals surface area contributed by atoms with E-state index in [-0.39, 0.29) is 6.54 Å². The molecule has 0 saturated carbocycles. The van der Waals surface area contributed by atoms with Crippen LogP contribution < -0.4 is 9.46 Å². The maximum absolute atomic E-state index is 13.4. The van der Waals surface area contributed by atoms with Crippen molar-refractivity contribution in [2.24, 2.45) is 0 Å². The van der Waals surface area contributed by atoms with Crippen LogP contribution in [0.4, 0.5) is 17.6 Å². The highest BCUT2D eigenvalue weighted by atomic mass is 32.2. The van der Waals surface area contributed by atoms with Crippen molar-refractivity contribution < 1.29 is 30.7 Å². The number of hydrogen-bond donors (Lipinski definition) is 1. The van der Waals surface area contributed by atoms with Gasteiger partial charge in [-0.05, 0) is 36.2 Å². The molecule has 4 nitrogen and oxygen atoms in total. The van der Waals surface area contributed by atoms with Gasteiger partial charge in [0.15, 0.2) is 0 Å². The Labute approximate surface area is 136 Å². The van der Waals surface area contributed by atoms with Crippen LogP contribution in [0.25, 0.3) is 0 Å². The number of ether oxygens (including phenoxy) is 1. The summed E-state index contributed by atoms with van der Waals surface area (Å²) in [6.45, 7) is 1.27. The van der Waals surface area contributed by atoms with Crippen LogP contribution in [0.15, 0.2) is 47.4 Å². The molecule has 2 aromatic rings. The summed E-state index contributed by atoms with van der Waals surface area (Å²) in [4.78, 5) is -0.657. The van der Waals surface area contributed by atoms with Crippen LogP contribution in [0, 0.1) is 12.7 Å². The molecule has 0 atom stereocenters. The van der Waals surface area contributed by atoms with Crippen LogP contribution in [0.2, 0.25) is 0 Å². The van der Waals surface area contributed by atoms with Crippen LogP contribution in [0.1, 0.15) is 11.1 Å². The molecule has 0 aromatic heterocycles. The van der Waals surface area contributed by atoms with Crippen LogP contribution in [0.3, 0.4) is 0 Å². The van der Waals surface area contributed by atoms with Gasteiger partial charge >= 0.3 is 6.36 Å². The number of hydrogen-bond acceptors (Lipinski definition) is 3. The quantitative estimate of drug-likeness (QED) is 0.827. The molecule has 0 aliphatic carbocycles. The van der Waals surface area contributed by atoms with Crippen LogP contribution in [-0.4, -0.2) is 14.8 Å². The molecule has 0 bridgehead atoms. The first-order chi connectivity index (χ1) is 11.1. The van der Waals surface area contributed by atoms with Gasteiger partial charge in [0, 0.05) is 6.54 Å². The smallest absolute Gasteiger partial charge is 0.404 e. The Hall–Kier alpha value is -2.13. The Morgan fingerprint density at radius 1 is 1.12 bits per heavy atom. The fraction of sp³-hybridized carbons (Fsp3) is 0.200. The largest absolute Gasteiger partial charge is 0.573 e. The molecule has 0 spiro atoms. The minimum atomic E-state index is -5.02. The van der Waals surface area contributed by atoms with E-state index in [9.17, 15) is 26.0 Å². The Morgan fingerprint density at radius 3 is 2.42 bits per heavy atom. The average molecular weight is 363 g/mol. The third-order valence-electron chi connectivity index (χ3n) is 3.07. The fourth-order valence-corrected chi connectivity index (χ4v) is 3.03. The lowest BCUT2D eigenvalue weighted by Crippen LogP contribution is -2.25. The van der Waals surface area contributed by atoms with E-state index < -0.39 is 32.8 Å². The summed E-state index contributed by atoms with van der Waals surface area (Å²) in [5.74, 6) is -1.35. The second-order valence-corrected chi connectivity index (χ2v) is 6.64. The van der Waals surface area contributed by atoms with Gasteiger partial charge in [-0.1, -0.05) is 24.3 Å². The van der Waals surface area contributed by atoms with Crippen molar-refractivity contribution in [3.63, 3.8) is 0 Å². The van der Waals surface area contributed by atoms with Crippen molar-refractivity contribution in [2.45, 2.75) is 24.7 Å². The summed E-state index contributed by atoms with van der Waals surface area (Å²) in [6.07, 6.45) is -5.02. The summed E-state index contributed by atoms with van der Waals surface area (Å²) in [5, 5.41) is 0. The van der Waals surface area contributed by atoms with Gasteiger partial charge in [-0.25, -0.2) is 17.5 Å². The number of para-hydroxylation sites is 1. The monoisotopic (exact) mass is 363 g/mol. The molecular weight excluding hydrogens is 350 g/mol. The van der Waals surface area contributed by atoms with Crippen molar-refractivity contribution in [3.8, 4) is 5.75 Å². The van der Waals surface area contributed by atoms with Crippen LogP contribution in [-0.2, 0) is 16.6 Å². The molecule has 0 aliphatic heterocycles. The summed E-state index contributed by atoms with van der Waals surface area (Å²) in [5.41, 5.74) is 0.724. The van der Waals surface area contributed by atoms with E-state index in [0.717, 1.165) is 18.2 Å². The molecular formula is C15H13F4NO3S. The molecule has 130 valence electrons. The predicted octanol–water partition coefficient (Wildman–Crippen LogP) is 3.51. The highest BCUT2D eigenvalue weighted by molar-refractivity contribution is 7.89. The van der Waals surface area contributed by atoms with Gasteiger partial charge in [0.2, 0.25) is 10.0 Å². The van der Waals surface area contributed by atoms with Crippen molar-refractivity contribution in [1.29, 1.82) is 0 Å². The molecule has 2 rings (SSSR count). The summed E-state index contributed by atoms with van der Waals surface area (Å²) < 4.78 is 80.8. The Kier molecular flexibility index (Phi) is 5.14. The highest BCUT2D eigenvalue weighted by Gasteiger charge is 2.33. The summed E-state index contributed by atoms with van der Waals surface area (Å²) in [6, 6.07) is 8.50. The maximum Gasteiger partial charge on any atom is 0.573 e. The van der Waals surface area contributed by atoms with E-state index >= 15 is 0 Å². The third-order valence-corrected chi connectivity index (χ3v) is 4.51. The molecule has 0 saturated heterocycles. The zero-order valence-electron chi connectivity index (χ0n) is 12.4. The Bertz CT molecular complexity index is 835. The lowest BCUT2D eigenvalue weighted by Gasteiger charge is -2.14. The first-order valence-electron chi connectivity index (χ1n) is 6.68. The summed E-state index contributed by atoms with van der Waals surface area (Å²) >= 11 is 0. The fourth-order valence-electron chi connectivity index (χ4n) is 1.88. The van der Waals surface area contributed by atoms with Gasteiger partial charge in [0.25, 0.3) is 0 Å². The third kappa shape index (κ3) is 4.68. The van der Waals surface area contributed by atoms with Crippen molar-refractivity contribution >= 4 is 10.0 Å². The van der Waals surface area contributed by atoms with Gasteiger partial charge in [0.1, 0.15) is 16.5 Å². The Balaban J connectivity index is 2.23. The first kappa shape index (κ1) is 18.2. The van der Waals surface area contributed by atoms with E-state index in [2.05, 4.69) is 9.46 Å². The Morgan fingerprint density at radius 2 is 1.79 bits per heavy atom. The van der Waals surface area contributed by atoms with Crippen molar-refractivity contribution in [2.75, 3.05) is 0 Å². The van der Waals surface area contributed by atoms with Gasteiger partial charge in [-0.2, -0.15) is 0 Å². The first-order valence-corrected chi connectivity index (χ1v) is 8.16. The van der Waals surface area contributed by atoms with E-state index in [0.29, 0.717) is 11.1 Å². The van der Waals surface area contributed by atoms with E-state index in [1.165, 1.54) is 24.3 Å². The SMILES string of the molecule is Cc1ccc(CNS(=O)(=O)c2ccccc2OC(F)(F)F)cc1F. The number of sulfonamides is 1. The number of alkyl halides is 3. The summed E-state index contributed by atoms with van der Waals surface area (Å²) in [7, 11) is -4.28. The van der Waals surface area contributed by atoms with E-state index in [1.54, 1.807) is 6.92 Å². The van der Waals surface area contributed by atoms with Crippen LogP contribution in [0.5, 0.6) is 5.75 Å². The second kappa shape index (κ2) is 6.78. The zero-order chi connectivity index (χ0) is 18.0. The molecule has 0 fully saturated rings. The van der Waals surface area contributed by atoms with Crippen LogP contribution >= 0.6 is 0 Å². The second-order valence-electron chi connectivity index (χ2n) is 4.90. The molecule has 9 heteroatoms. The molecule has 1 N–H and O–H groups in total. The minimum absolute atomic E-state index is 0.278. The number of nitrogens with one attached hydrogen (secondary N) is 1. The topological polar surface area (TPSA) is 55.4 Å². The molecule has 0 aliphatic rings.